The van der Waals surface area contributed by atoms with Crippen LogP contribution in [0.4, 0.5) is 18.9 Å². The Labute approximate surface area is 83.8 Å². The zero-order chi connectivity index (χ0) is 11.5. The van der Waals surface area contributed by atoms with Crippen molar-refractivity contribution in [2.24, 2.45) is 16.6 Å². The van der Waals surface area contributed by atoms with E-state index in [-0.39, 0.29) is 11.6 Å². The number of aliphatic imine (C=N–C) groups is 1. The molecule has 0 aliphatic rings. The summed E-state index contributed by atoms with van der Waals surface area (Å²) in [6.45, 7) is 0. The van der Waals surface area contributed by atoms with Gasteiger partial charge < -0.3 is 5.73 Å². The number of nitrogens with zero attached hydrogens (tertiary/aromatic N) is 1. The second-order valence-corrected chi connectivity index (χ2v) is 2.66. The van der Waals surface area contributed by atoms with Crippen LogP contribution in [-0.2, 0) is 6.18 Å². The molecule has 1 rings (SSSR count). The zero-order valence-electron chi connectivity index (χ0n) is 7.55. The molecule has 0 aliphatic heterocycles. The second-order valence-electron chi connectivity index (χ2n) is 2.66. The molecule has 0 atom stereocenters. The highest BCUT2D eigenvalue weighted by Gasteiger charge is 2.33. The van der Waals surface area contributed by atoms with Crippen LogP contribution in [0.2, 0.25) is 0 Å². The number of hydrazine groups is 1. The monoisotopic (exact) mass is 218 g/mol. The molecule has 5 N–H and O–H groups in total. The Balaban J connectivity index is 3.19. The van der Waals surface area contributed by atoms with E-state index in [1.807, 2.05) is 5.43 Å². The predicted octanol–water partition coefficient (Wildman–Crippen LogP) is 1.11. The van der Waals surface area contributed by atoms with E-state index in [1.165, 1.54) is 18.2 Å². The minimum atomic E-state index is -4.46. The molecular weight excluding hydrogens is 209 g/mol. The molecule has 82 valence electrons. The van der Waals surface area contributed by atoms with Gasteiger partial charge in [-0.2, -0.15) is 13.2 Å². The van der Waals surface area contributed by atoms with Gasteiger partial charge in [0.05, 0.1) is 11.3 Å². The number of rotatable bonds is 1. The van der Waals surface area contributed by atoms with Gasteiger partial charge in [-0.3, -0.25) is 5.43 Å². The van der Waals surface area contributed by atoms with E-state index in [9.17, 15) is 13.2 Å². The van der Waals surface area contributed by atoms with Gasteiger partial charge in [0.25, 0.3) is 0 Å². The molecule has 1 aromatic rings. The van der Waals surface area contributed by atoms with Crippen molar-refractivity contribution in [1.82, 2.24) is 5.43 Å². The molecule has 0 saturated carbocycles. The van der Waals surface area contributed by atoms with Gasteiger partial charge in [0.15, 0.2) is 0 Å². The summed E-state index contributed by atoms with van der Waals surface area (Å²) in [7, 11) is 0. The minimum absolute atomic E-state index is 0.277. The summed E-state index contributed by atoms with van der Waals surface area (Å²) in [6, 6.07) is 4.82. The van der Waals surface area contributed by atoms with Gasteiger partial charge in [-0.05, 0) is 12.1 Å². The lowest BCUT2D eigenvalue weighted by Crippen LogP contribution is -2.36. The van der Waals surface area contributed by atoms with Crippen LogP contribution in [0.5, 0.6) is 0 Å². The Kier molecular flexibility index (Phi) is 3.15. The molecule has 0 radical (unpaired) electrons. The van der Waals surface area contributed by atoms with E-state index in [2.05, 4.69) is 4.99 Å². The van der Waals surface area contributed by atoms with Crippen LogP contribution in [0.1, 0.15) is 5.56 Å². The maximum absolute atomic E-state index is 12.4. The van der Waals surface area contributed by atoms with Gasteiger partial charge in [0.2, 0.25) is 5.96 Å². The quantitative estimate of drug-likeness (QED) is 0.286. The summed E-state index contributed by atoms with van der Waals surface area (Å²) >= 11 is 0. The maximum Gasteiger partial charge on any atom is 0.418 e. The largest absolute Gasteiger partial charge is 0.418 e. The molecule has 0 heterocycles. The van der Waals surface area contributed by atoms with Crippen LogP contribution < -0.4 is 17.0 Å². The Bertz CT molecular complexity index is 372. The smallest absolute Gasteiger partial charge is 0.369 e. The van der Waals surface area contributed by atoms with Crippen molar-refractivity contribution < 1.29 is 13.2 Å². The molecule has 0 saturated heterocycles. The van der Waals surface area contributed by atoms with Crippen molar-refractivity contribution in [3.05, 3.63) is 29.8 Å². The fourth-order valence-corrected chi connectivity index (χ4v) is 0.973. The van der Waals surface area contributed by atoms with Crippen LogP contribution in [-0.4, -0.2) is 5.96 Å². The summed E-state index contributed by atoms with van der Waals surface area (Å²) in [5.74, 6) is 4.61. The third-order valence-electron chi connectivity index (χ3n) is 1.60. The first kappa shape index (κ1) is 11.3. The first-order valence-corrected chi connectivity index (χ1v) is 3.92. The second kappa shape index (κ2) is 4.18. The topological polar surface area (TPSA) is 76.4 Å². The Morgan fingerprint density at radius 3 is 2.40 bits per heavy atom. The molecule has 0 aromatic heterocycles. The van der Waals surface area contributed by atoms with E-state index in [0.29, 0.717) is 0 Å². The third-order valence-corrected chi connectivity index (χ3v) is 1.60. The molecular formula is C8H9F3N4. The third kappa shape index (κ3) is 2.84. The number of para-hydroxylation sites is 1. The van der Waals surface area contributed by atoms with Crippen molar-refractivity contribution in [2.45, 2.75) is 6.18 Å². The van der Waals surface area contributed by atoms with Gasteiger partial charge in [0.1, 0.15) is 0 Å². The SMILES string of the molecule is NNC(N)=Nc1ccccc1C(F)(F)F. The van der Waals surface area contributed by atoms with Crippen LogP contribution in [0.3, 0.4) is 0 Å². The number of halogens is 3. The average molecular weight is 218 g/mol. The first-order valence-electron chi connectivity index (χ1n) is 3.92. The molecule has 1 aromatic carbocycles. The van der Waals surface area contributed by atoms with E-state index in [0.717, 1.165) is 6.07 Å². The van der Waals surface area contributed by atoms with E-state index in [1.54, 1.807) is 0 Å². The molecule has 0 aliphatic carbocycles. The number of nitrogens with two attached hydrogens (primary N) is 2. The summed E-state index contributed by atoms with van der Waals surface area (Å²) in [5.41, 5.74) is 5.98. The number of nitrogens with one attached hydrogen (secondary N) is 1. The van der Waals surface area contributed by atoms with Gasteiger partial charge in [-0.15, -0.1) is 0 Å². The zero-order valence-corrected chi connectivity index (χ0v) is 7.55. The highest BCUT2D eigenvalue weighted by Crippen LogP contribution is 2.35. The molecule has 0 unspecified atom stereocenters. The van der Waals surface area contributed by atoms with Crippen LogP contribution in [0, 0.1) is 0 Å². The molecule has 0 bridgehead atoms. The molecule has 0 spiro atoms. The van der Waals surface area contributed by atoms with Crippen molar-refractivity contribution in [2.75, 3.05) is 0 Å². The normalized spacial score (nSPS) is 12.7. The Hall–Kier alpha value is -1.76. The Morgan fingerprint density at radius 1 is 1.27 bits per heavy atom. The lowest BCUT2D eigenvalue weighted by molar-refractivity contribution is -0.137. The van der Waals surface area contributed by atoms with Crippen LogP contribution in [0.15, 0.2) is 29.3 Å². The van der Waals surface area contributed by atoms with Gasteiger partial charge in [-0.25, -0.2) is 10.8 Å². The molecule has 7 heteroatoms. The fraction of sp³-hybridized carbons (Fsp3) is 0.125. The predicted molar refractivity (Wildman–Crippen MR) is 50.0 cm³/mol. The number of guanidine groups is 1. The van der Waals surface area contributed by atoms with Crippen LogP contribution in [0.25, 0.3) is 0 Å². The summed E-state index contributed by atoms with van der Waals surface area (Å²) in [5, 5.41) is 0. The Morgan fingerprint density at radius 2 is 1.87 bits per heavy atom. The van der Waals surface area contributed by atoms with E-state index >= 15 is 0 Å². The molecule has 4 nitrogen and oxygen atoms in total. The van der Waals surface area contributed by atoms with Gasteiger partial charge in [0, 0.05) is 0 Å². The maximum atomic E-state index is 12.4. The van der Waals surface area contributed by atoms with Gasteiger partial charge >= 0.3 is 6.18 Å². The van der Waals surface area contributed by atoms with Crippen LogP contribution >= 0.6 is 0 Å². The lowest BCUT2D eigenvalue weighted by Gasteiger charge is -2.09. The van der Waals surface area contributed by atoms with Crippen molar-refractivity contribution in [1.29, 1.82) is 0 Å². The first-order chi connectivity index (χ1) is 6.95. The molecule has 0 amide bonds. The number of benzene rings is 1. The van der Waals surface area contributed by atoms with Crippen molar-refractivity contribution in [3.8, 4) is 0 Å². The van der Waals surface area contributed by atoms with Crippen molar-refractivity contribution in [3.63, 3.8) is 0 Å². The number of hydrogen-bond donors (Lipinski definition) is 3. The fourth-order valence-electron chi connectivity index (χ4n) is 0.973. The van der Waals surface area contributed by atoms with E-state index in [4.69, 9.17) is 11.6 Å². The molecule has 0 fully saturated rings. The summed E-state index contributed by atoms with van der Waals surface area (Å²) in [4.78, 5) is 3.48. The van der Waals surface area contributed by atoms with Crippen molar-refractivity contribution >= 4 is 11.6 Å². The lowest BCUT2D eigenvalue weighted by atomic mass is 10.2. The highest BCUT2D eigenvalue weighted by atomic mass is 19.4. The minimum Gasteiger partial charge on any atom is -0.369 e. The molecule has 15 heavy (non-hydrogen) atoms. The highest BCUT2D eigenvalue weighted by molar-refractivity contribution is 5.80. The van der Waals surface area contributed by atoms with E-state index < -0.39 is 11.7 Å². The average Bonchev–Trinajstić information content (AvgIpc) is 2.17. The summed E-state index contributed by atoms with van der Waals surface area (Å²) in [6.07, 6.45) is -4.46. The number of hydrogen-bond acceptors (Lipinski definition) is 2. The standard InChI is InChI=1S/C8H9F3N4/c9-8(10,11)5-3-1-2-4-6(5)14-7(12)15-13/h1-4H,13H2,(H3,12,14,15). The van der Waals surface area contributed by atoms with Gasteiger partial charge in [-0.1, -0.05) is 12.1 Å². The number of alkyl halides is 3. The summed E-state index contributed by atoms with van der Waals surface area (Å²) < 4.78 is 37.3.